The number of rotatable bonds is 4. The van der Waals surface area contributed by atoms with Crippen molar-refractivity contribution in [3.05, 3.63) is 23.8 Å². The number of hydrogen-bond donors (Lipinski definition) is 4. The molecule has 4 nitrogen and oxygen atoms in total. The highest BCUT2D eigenvalue weighted by molar-refractivity contribution is 7.80. The van der Waals surface area contributed by atoms with Crippen molar-refractivity contribution < 1.29 is 28.1 Å². The number of nitrogens with two attached hydrogens (primary N) is 1. The van der Waals surface area contributed by atoms with Crippen molar-refractivity contribution in [2.75, 3.05) is 11.5 Å². The molecule has 2 atom stereocenters. The van der Waals surface area contributed by atoms with E-state index in [9.17, 15) is 23.4 Å². The first-order chi connectivity index (χ1) is 8.24. The number of halogens is 3. The molecule has 1 aromatic rings. The number of anilines is 1. The maximum Gasteiger partial charge on any atom is 0.573 e. The molecule has 4 N–H and O–H groups in total. The third-order valence-electron chi connectivity index (χ3n) is 2.15. The van der Waals surface area contributed by atoms with Crippen LogP contribution in [0.2, 0.25) is 0 Å². The number of alkyl halides is 3. The Bertz CT molecular complexity index is 414. The molecule has 102 valence electrons. The van der Waals surface area contributed by atoms with Crippen LogP contribution in [-0.4, -0.2) is 28.4 Å². The van der Waals surface area contributed by atoms with Crippen molar-refractivity contribution in [3.8, 4) is 5.75 Å². The average molecular weight is 283 g/mol. The van der Waals surface area contributed by atoms with Gasteiger partial charge in [-0.25, -0.2) is 0 Å². The van der Waals surface area contributed by atoms with E-state index < -0.39 is 24.3 Å². The lowest BCUT2D eigenvalue weighted by atomic mass is 10.0. The SMILES string of the molecule is Nc1cc(C(O)C(O)CS)ccc1OC(F)(F)F. The van der Waals surface area contributed by atoms with E-state index in [1.807, 2.05) is 0 Å². The molecule has 0 fully saturated rings. The van der Waals surface area contributed by atoms with E-state index in [0.717, 1.165) is 12.1 Å². The fourth-order valence-corrected chi connectivity index (χ4v) is 1.49. The van der Waals surface area contributed by atoms with Gasteiger partial charge in [-0.05, 0) is 17.7 Å². The van der Waals surface area contributed by atoms with Crippen LogP contribution in [-0.2, 0) is 0 Å². The zero-order valence-corrected chi connectivity index (χ0v) is 9.95. The first-order valence-corrected chi connectivity index (χ1v) is 5.50. The monoisotopic (exact) mass is 283 g/mol. The Morgan fingerprint density at radius 2 is 1.94 bits per heavy atom. The molecule has 0 aliphatic rings. The third-order valence-corrected chi connectivity index (χ3v) is 2.53. The minimum atomic E-state index is -4.83. The lowest BCUT2D eigenvalue weighted by molar-refractivity contribution is -0.274. The van der Waals surface area contributed by atoms with E-state index in [0.29, 0.717) is 0 Å². The molecule has 2 unspecified atom stereocenters. The van der Waals surface area contributed by atoms with Crippen LogP contribution in [0.3, 0.4) is 0 Å². The second-order valence-electron chi connectivity index (χ2n) is 3.54. The van der Waals surface area contributed by atoms with Gasteiger partial charge in [0.05, 0.1) is 11.8 Å². The van der Waals surface area contributed by atoms with Crippen molar-refractivity contribution in [3.63, 3.8) is 0 Å². The van der Waals surface area contributed by atoms with Gasteiger partial charge in [-0.15, -0.1) is 13.2 Å². The van der Waals surface area contributed by atoms with Crippen LogP contribution in [0.4, 0.5) is 18.9 Å². The molecule has 0 radical (unpaired) electrons. The van der Waals surface area contributed by atoms with E-state index in [1.54, 1.807) is 0 Å². The van der Waals surface area contributed by atoms with Gasteiger partial charge in [0.15, 0.2) is 5.75 Å². The topological polar surface area (TPSA) is 75.7 Å². The highest BCUT2D eigenvalue weighted by atomic mass is 32.1. The zero-order valence-electron chi connectivity index (χ0n) is 9.05. The van der Waals surface area contributed by atoms with Gasteiger partial charge < -0.3 is 20.7 Å². The normalized spacial score (nSPS) is 15.2. The molecule has 0 amide bonds. The summed E-state index contributed by atoms with van der Waals surface area (Å²) in [6.45, 7) is 0. The minimum Gasteiger partial charge on any atom is -0.404 e. The third kappa shape index (κ3) is 3.97. The number of aliphatic hydroxyl groups is 2. The van der Waals surface area contributed by atoms with Crippen LogP contribution in [0.25, 0.3) is 0 Å². The first kappa shape index (κ1) is 14.9. The lowest BCUT2D eigenvalue weighted by Gasteiger charge is -2.18. The Hall–Kier alpha value is -1.12. The molecular weight excluding hydrogens is 271 g/mol. The van der Waals surface area contributed by atoms with Crippen LogP contribution >= 0.6 is 12.6 Å². The van der Waals surface area contributed by atoms with Gasteiger partial charge >= 0.3 is 6.36 Å². The summed E-state index contributed by atoms with van der Waals surface area (Å²) in [7, 11) is 0. The Balaban J connectivity index is 2.92. The Morgan fingerprint density at radius 1 is 1.33 bits per heavy atom. The van der Waals surface area contributed by atoms with Gasteiger partial charge in [0.2, 0.25) is 0 Å². The molecule has 0 spiro atoms. The highest BCUT2D eigenvalue weighted by Gasteiger charge is 2.32. The van der Waals surface area contributed by atoms with Gasteiger partial charge in [-0.1, -0.05) is 6.07 Å². The van der Waals surface area contributed by atoms with Crippen molar-refractivity contribution in [2.45, 2.75) is 18.6 Å². The first-order valence-electron chi connectivity index (χ1n) is 4.86. The summed E-state index contributed by atoms with van der Waals surface area (Å²) in [6, 6.07) is 3.28. The van der Waals surface area contributed by atoms with Crippen molar-refractivity contribution >= 4 is 18.3 Å². The quantitative estimate of drug-likeness (QED) is 0.499. The van der Waals surface area contributed by atoms with Crippen molar-refractivity contribution in [2.24, 2.45) is 0 Å². The van der Waals surface area contributed by atoms with Gasteiger partial charge in [0.25, 0.3) is 0 Å². The maximum absolute atomic E-state index is 12.0. The molecule has 1 rings (SSSR count). The number of aliphatic hydroxyl groups excluding tert-OH is 2. The average Bonchev–Trinajstić information content (AvgIpc) is 2.28. The lowest BCUT2D eigenvalue weighted by Crippen LogP contribution is -2.21. The minimum absolute atomic E-state index is 0.00186. The van der Waals surface area contributed by atoms with Crippen LogP contribution in [0.1, 0.15) is 11.7 Å². The fourth-order valence-electron chi connectivity index (χ4n) is 1.29. The second kappa shape index (κ2) is 5.68. The van der Waals surface area contributed by atoms with Gasteiger partial charge in [-0.3, -0.25) is 0 Å². The van der Waals surface area contributed by atoms with E-state index in [2.05, 4.69) is 17.4 Å². The summed E-state index contributed by atoms with van der Waals surface area (Å²) in [5.74, 6) is -0.555. The predicted molar refractivity (Wildman–Crippen MR) is 62.4 cm³/mol. The van der Waals surface area contributed by atoms with Gasteiger partial charge in [0, 0.05) is 5.75 Å². The zero-order chi connectivity index (χ0) is 13.9. The van der Waals surface area contributed by atoms with Crippen molar-refractivity contribution in [1.29, 1.82) is 0 Å². The molecule has 0 saturated carbocycles. The number of nitrogen functional groups attached to an aromatic ring is 1. The Kier molecular flexibility index (Phi) is 4.71. The largest absolute Gasteiger partial charge is 0.573 e. The summed E-state index contributed by atoms with van der Waals surface area (Å²) in [5, 5.41) is 19.0. The van der Waals surface area contributed by atoms with Crippen LogP contribution in [0.15, 0.2) is 18.2 Å². The number of thiol groups is 1. The summed E-state index contributed by atoms with van der Waals surface area (Å²) in [5.41, 5.74) is 5.27. The van der Waals surface area contributed by atoms with Crippen molar-refractivity contribution in [1.82, 2.24) is 0 Å². The molecule has 0 heterocycles. The molecule has 18 heavy (non-hydrogen) atoms. The molecule has 0 aromatic heterocycles. The van der Waals surface area contributed by atoms with E-state index in [1.165, 1.54) is 6.07 Å². The molecule has 1 aromatic carbocycles. The van der Waals surface area contributed by atoms with E-state index >= 15 is 0 Å². The smallest absolute Gasteiger partial charge is 0.404 e. The summed E-state index contributed by atoms with van der Waals surface area (Å²) in [6.07, 6.45) is -7.24. The van der Waals surface area contributed by atoms with Gasteiger partial charge in [-0.2, -0.15) is 12.6 Å². The maximum atomic E-state index is 12.0. The van der Waals surface area contributed by atoms with E-state index in [-0.39, 0.29) is 17.0 Å². The summed E-state index contributed by atoms with van der Waals surface area (Å²) >= 11 is 3.79. The molecule has 0 aliphatic carbocycles. The molecule has 0 saturated heterocycles. The van der Waals surface area contributed by atoms with Crippen LogP contribution in [0, 0.1) is 0 Å². The van der Waals surface area contributed by atoms with Crippen LogP contribution in [0.5, 0.6) is 5.75 Å². The van der Waals surface area contributed by atoms with E-state index in [4.69, 9.17) is 5.73 Å². The number of benzene rings is 1. The van der Waals surface area contributed by atoms with Crippen LogP contribution < -0.4 is 10.5 Å². The Labute approximate surface area is 107 Å². The Morgan fingerprint density at radius 3 is 2.39 bits per heavy atom. The molecular formula is C10H12F3NO3S. The number of hydrogen-bond acceptors (Lipinski definition) is 5. The fraction of sp³-hybridized carbons (Fsp3) is 0.400. The second-order valence-corrected chi connectivity index (χ2v) is 3.90. The summed E-state index contributed by atoms with van der Waals surface area (Å²) < 4.78 is 39.6. The van der Waals surface area contributed by atoms with Gasteiger partial charge in [0.1, 0.15) is 6.10 Å². The summed E-state index contributed by atoms with van der Waals surface area (Å²) in [4.78, 5) is 0. The number of ether oxygens (including phenoxy) is 1. The predicted octanol–water partition coefficient (Wildman–Crippen LogP) is 1.49. The molecule has 8 heteroatoms. The standard InChI is InChI=1S/C10H12F3NO3S/c11-10(12,13)17-8-2-1-5(3-6(8)14)9(16)7(15)4-18/h1-3,7,9,15-16,18H,4,14H2. The molecule has 0 aliphatic heterocycles. The molecule has 0 bridgehead atoms. The highest BCUT2D eigenvalue weighted by Crippen LogP contribution is 2.31.